The molecule has 0 spiro atoms. The lowest BCUT2D eigenvalue weighted by Crippen LogP contribution is -2.48. The molecule has 0 aromatic carbocycles. The Bertz CT molecular complexity index is 1180. The average molecular weight is 566 g/mol. The highest BCUT2D eigenvalue weighted by Crippen LogP contribution is 2.46. The third-order valence-corrected chi connectivity index (χ3v) is 8.02. The van der Waals surface area contributed by atoms with Gasteiger partial charge in [0.15, 0.2) is 11.5 Å². The van der Waals surface area contributed by atoms with E-state index in [9.17, 15) is 9.36 Å². The number of hydrogen-bond acceptors (Lipinski definition) is 10. The van der Waals surface area contributed by atoms with Crippen LogP contribution in [0.5, 0.6) is 0 Å². The molecule has 0 bridgehead atoms. The summed E-state index contributed by atoms with van der Waals surface area (Å²) >= 11 is 0. The number of fused-ring (bicyclic) bond motifs is 1. The Morgan fingerprint density at radius 2 is 1.85 bits per heavy atom. The van der Waals surface area contributed by atoms with Crippen molar-refractivity contribution >= 4 is 36.2 Å². The molecule has 2 aromatic rings. The van der Waals surface area contributed by atoms with E-state index >= 15 is 0 Å². The number of hydrogen-bond donors (Lipinski definition) is 2. The topological polar surface area (TPSA) is 156 Å². The Morgan fingerprint density at radius 3 is 2.44 bits per heavy atom. The number of nitrogens with zero attached hydrogens (tertiary/aromatic N) is 5. The predicted octanol–water partition coefficient (Wildman–Crippen LogP) is 4.89. The van der Waals surface area contributed by atoms with Gasteiger partial charge in [0.1, 0.15) is 29.8 Å². The molecule has 0 aliphatic heterocycles. The first-order chi connectivity index (χ1) is 18.3. The second kappa shape index (κ2) is 13.2. The molecular weight excluding hydrogens is 521 g/mol. The summed E-state index contributed by atoms with van der Waals surface area (Å²) in [4.78, 5) is 25.4. The summed E-state index contributed by atoms with van der Waals surface area (Å²) in [5.41, 5.74) is 6.50. The summed E-state index contributed by atoms with van der Waals surface area (Å²) in [6, 6.07) is 0. The molecule has 2 atom stereocenters. The van der Waals surface area contributed by atoms with Crippen LogP contribution in [-0.2, 0) is 30.0 Å². The van der Waals surface area contributed by atoms with Gasteiger partial charge >= 0.3 is 13.5 Å². The third kappa shape index (κ3) is 8.98. The van der Waals surface area contributed by atoms with Crippen LogP contribution in [-0.4, -0.2) is 55.3 Å². The highest BCUT2D eigenvalue weighted by Gasteiger charge is 2.41. The molecule has 2 heterocycles. The van der Waals surface area contributed by atoms with Gasteiger partial charge in [-0.25, -0.2) is 20.0 Å². The summed E-state index contributed by atoms with van der Waals surface area (Å²) in [5.74, 6) is 0.514. The SMILES string of the molecule is CC(C)CC(CC(C)C)=NO[P@](=O)(CO[C@H](C)Cn1cnc2c(N)ncnc21)NC(C)(C)C(=O)OC1CCC1. The Balaban J connectivity index is 1.76. The van der Waals surface area contributed by atoms with Crippen LogP contribution in [0.1, 0.15) is 80.6 Å². The van der Waals surface area contributed by atoms with E-state index < -0.39 is 25.1 Å². The lowest BCUT2D eigenvalue weighted by atomic mass is 9.96. The zero-order chi connectivity index (χ0) is 28.8. The molecule has 1 saturated carbocycles. The van der Waals surface area contributed by atoms with Gasteiger partial charge in [-0.3, -0.25) is 9.36 Å². The fourth-order valence-electron chi connectivity index (χ4n) is 4.15. The van der Waals surface area contributed by atoms with Crippen LogP contribution in [0, 0.1) is 11.8 Å². The summed E-state index contributed by atoms with van der Waals surface area (Å²) in [7, 11) is -3.80. The maximum Gasteiger partial charge on any atom is 0.365 e. The van der Waals surface area contributed by atoms with Gasteiger partial charge in [-0.1, -0.05) is 32.9 Å². The van der Waals surface area contributed by atoms with E-state index in [1.165, 1.54) is 6.33 Å². The standard InChI is InChI=1S/C26H44N7O5P/c1-17(2)11-20(12-18(3)4)31-38-39(35,32-26(6,7)25(34)37-21-9-8-10-21)16-36-19(5)13-33-15-30-22-23(27)28-14-29-24(22)33/h14-15,17-19,21H,8-13,16H2,1-7H3,(H,32,35)(H2,27,28,29)/t19-,39-/m1/s1. The monoisotopic (exact) mass is 565 g/mol. The molecule has 2 aromatic heterocycles. The van der Waals surface area contributed by atoms with Crippen molar-refractivity contribution in [2.24, 2.45) is 17.0 Å². The normalized spacial score (nSPS) is 16.6. The van der Waals surface area contributed by atoms with E-state index in [1.807, 2.05) is 6.92 Å². The first kappa shape index (κ1) is 31.0. The van der Waals surface area contributed by atoms with Gasteiger partial charge in [-0.15, -0.1) is 0 Å². The van der Waals surface area contributed by atoms with Gasteiger partial charge in [-0.2, -0.15) is 0 Å². The Labute approximate surface area is 231 Å². The number of aromatic nitrogens is 4. The minimum Gasteiger partial charge on any atom is -0.461 e. The van der Waals surface area contributed by atoms with E-state index in [1.54, 1.807) is 24.7 Å². The number of nitrogen functional groups attached to an aromatic ring is 1. The summed E-state index contributed by atoms with van der Waals surface area (Å²) in [6.45, 7) is 13.8. The molecule has 39 heavy (non-hydrogen) atoms. The van der Waals surface area contributed by atoms with Crippen molar-refractivity contribution in [3.8, 4) is 0 Å². The molecule has 1 aliphatic carbocycles. The molecule has 0 unspecified atom stereocenters. The fourth-order valence-corrected chi connectivity index (χ4v) is 5.94. The number of ether oxygens (including phenoxy) is 2. The van der Waals surface area contributed by atoms with Crippen molar-refractivity contribution in [2.75, 3.05) is 12.1 Å². The zero-order valence-corrected chi connectivity index (χ0v) is 25.1. The number of rotatable bonds is 15. The highest BCUT2D eigenvalue weighted by molar-refractivity contribution is 7.56. The van der Waals surface area contributed by atoms with E-state index in [-0.39, 0.29) is 12.5 Å². The van der Waals surface area contributed by atoms with Crippen molar-refractivity contribution in [1.29, 1.82) is 0 Å². The summed E-state index contributed by atoms with van der Waals surface area (Å²) in [6.07, 6.45) is 6.31. The van der Waals surface area contributed by atoms with Crippen molar-refractivity contribution in [1.82, 2.24) is 24.6 Å². The Kier molecular flexibility index (Phi) is 10.5. The number of carbonyl (C=O) groups is 1. The van der Waals surface area contributed by atoms with Crippen LogP contribution in [0.3, 0.4) is 0 Å². The lowest BCUT2D eigenvalue weighted by Gasteiger charge is -2.33. The largest absolute Gasteiger partial charge is 0.461 e. The first-order valence-electron chi connectivity index (χ1n) is 13.6. The van der Waals surface area contributed by atoms with Crippen LogP contribution in [0.25, 0.3) is 11.2 Å². The van der Waals surface area contributed by atoms with Gasteiger partial charge < -0.3 is 24.4 Å². The average Bonchev–Trinajstić information content (AvgIpc) is 3.21. The molecule has 0 saturated heterocycles. The minimum absolute atomic E-state index is 0.0975. The fraction of sp³-hybridized carbons (Fsp3) is 0.731. The molecular formula is C26H44N7O5P. The molecule has 1 aliphatic rings. The third-order valence-electron chi connectivity index (χ3n) is 6.29. The van der Waals surface area contributed by atoms with Crippen LogP contribution in [0.2, 0.25) is 0 Å². The van der Waals surface area contributed by atoms with E-state index in [0.29, 0.717) is 48.2 Å². The number of nitrogens with two attached hydrogens (primary N) is 1. The zero-order valence-electron chi connectivity index (χ0n) is 24.2. The maximum absolute atomic E-state index is 14.1. The number of oxime groups is 1. The number of nitrogens with one attached hydrogen (secondary N) is 1. The van der Waals surface area contributed by atoms with E-state index in [0.717, 1.165) is 25.0 Å². The van der Waals surface area contributed by atoms with Gasteiger partial charge in [0.2, 0.25) is 0 Å². The molecule has 3 N–H and O–H groups in total. The molecule has 0 radical (unpaired) electrons. The number of anilines is 1. The maximum atomic E-state index is 14.1. The first-order valence-corrected chi connectivity index (χ1v) is 15.5. The number of imidazole rings is 1. The summed E-state index contributed by atoms with van der Waals surface area (Å²) in [5, 5.41) is 7.23. The smallest absolute Gasteiger partial charge is 0.365 e. The minimum atomic E-state index is -3.80. The highest BCUT2D eigenvalue weighted by atomic mass is 31.2. The molecule has 0 amide bonds. The van der Waals surface area contributed by atoms with Crippen LogP contribution < -0.4 is 10.8 Å². The van der Waals surface area contributed by atoms with Crippen molar-refractivity contribution in [3.05, 3.63) is 12.7 Å². The second-order valence-corrected chi connectivity index (χ2v) is 13.7. The molecule has 3 rings (SSSR count). The molecule has 12 nitrogen and oxygen atoms in total. The van der Waals surface area contributed by atoms with Crippen LogP contribution in [0.4, 0.5) is 5.82 Å². The van der Waals surface area contributed by atoms with Crippen molar-refractivity contribution in [2.45, 2.75) is 105 Å². The summed E-state index contributed by atoms with van der Waals surface area (Å²) < 4.78 is 33.2. The van der Waals surface area contributed by atoms with Gasteiger partial charge in [0.25, 0.3) is 0 Å². The predicted molar refractivity (Wildman–Crippen MR) is 151 cm³/mol. The Morgan fingerprint density at radius 1 is 1.18 bits per heavy atom. The van der Waals surface area contributed by atoms with E-state index in [4.69, 9.17) is 19.8 Å². The lowest BCUT2D eigenvalue weighted by molar-refractivity contribution is -0.159. The number of esters is 1. The van der Waals surface area contributed by atoms with E-state index in [2.05, 4.69) is 52.9 Å². The Hall–Kier alpha value is -2.56. The van der Waals surface area contributed by atoms with Crippen molar-refractivity contribution < 1.29 is 23.5 Å². The van der Waals surface area contributed by atoms with Crippen molar-refractivity contribution in [3.63, 3.8) is 0 Å². The van der Waals surface area contributed by atoms with Crippen LogP contribution >= 0.6 is 7.52 Å². The number of carbonyl (C=O) groups excluding carboxylic acids is 1. The molecule has 13 heteroatoms. The molecule has 1 fully saturated rings. The van der Waals surface area contributed by atoms with Gasteiger partial charge in [-0.05, 0) is 64.7 Å². The van der Waals surface area contributed by atoms with Gasteiger partial charge in [0, 0.05) is 0 Å². The quantitative estimate of drug-likeness (QED) is 0.132. The van der Waals surface area contributed by atoms with Gasteiger partial charge in [0.05, 0.1) is 24.7 Å². The second-order valence-electron chi connectivity index (χ2n) is 11.7. The van der Waals surface area contributed by atoms with Crippen LogP contribution in [0.15, 0.2) is 17.8 Å². The molecule has 218 valence electrons.